The van der Waals surface area contributed by atoms with Gasteiger partial charge in [-0.05, 0) is 40.9 Å². The molecule has 0 saturated heterocycles. The lowest BCUT2D eigenvalue weighted by molar-refractivity contribution is -0.148. The van der Waals surface area contributed by atoms with Gasteiger partial charge in [0, 0.05) is 16.7 Å². The second-order valence-electron chi connectivity index (χ2n) is 5.70. The molecule has 0 aliphatic carbocycles. The predicted octanol–water partition coefficient (Wildman–Crippen LogP) is 3.54. The number of hydrogen-bond donors (Lipinski definition) is 1. The van der Waals surface area contributed by atoms with Crippen molar-refractivity contribution in [3.8, 4) is 0 Å². The SMILES string of the molecule is CCOC(=O)C(C)(C)c1csc(NCC(C)(C)SC)n1. The van der Waals surface area contributed by atoms with E-state index in [0.717, 1.165) is 17.4 Å². The summed E-state index contributed by atoms with van der Waals surface area (Å²) in [4.78, 5) is 16.5. The number of esters is 1. The third kappa shape index (κ3) is 4.38. The fourth-order valence-electron chi connectivity index (χ4n) is 1.42. The summed E-state index contributed by atoms with van der Waals surface area (Å²) >= 11 is 3.33. The number of ether oxygens (including phenoxy) is 1. The van der Waals surface area contributed by atoms with Crippen molar-refractivity contribution in [3.63, 3.8) is 0 Å². The average molecular weight is 316 g/mol. The van der Waals surface area contributed by atoms with Crippen LogP contribution in [0.5, 0.6) is 0 Å². The molecule has 0 aliphatic rings. The molecule has 1 N–H and O–H groups in total. The Morgan fingerprint density at radius 2 is 2.10 bits per heavy atom. The van der Waals surface area contributed by atoms with Crippen LogP contribution in [0.25, 0.3) is 0 Å². The number of carbonyl (C=O) groups is 1. The summed E-state index contributed by atoms with van der Waals surface area (Å²) < 4.78 is 5.26. The lowest BCUT2D eigenvalue weighted by atomic mass is 9.90. The Balaban J connectivity index is 2.74. The Bertz CT molecular complexity index is 456. The van der Waals surface area contributed by atoms with Crippen LogP contribution in [0.2, 0.25) is 0 Å². The third-order valence-corrected chi connectivity index (χ3v) is 5.20. The Morgan fingerprint density at radius 3 is 2.65 bits per heavy atom. The second kappa shape index (κ2) is 6.80. The van der Waals surface area contributed by atoms with Crippen molar-refractivity contribution in [1.82, 2.24) is 4.98 Å². The molecule has 0 spiro atoms. The molecule has 0 aliphatic heterocycles. The van der Waals surface area contributed by atoms with Crippen LogP contribution in [0.15, 0.2) is 5.38 Å². The molecule has 0 atom stereocenters. The van der Waals surface area contributed by atoms with E-state index in [1.54, 1.807) is 0 Å². The van der Waals surface area contributed by atoms with Crippen LogP contribution in [-0.2, 0) is 14.9 Å². The van der Waals surface area contributed by atoms with Crippen molar-refractivity contribution in [2.24, 2.45) is 0 Å². The smallest absolute Gasteiger partial charge is 0.317 e. The summed E-state index contributed by atoms with van der Waals surface area (Å²) in [5.41, 5.74) is 0.0481. The van der Waals surface area contributed by atoms with Gasteiger partial charge in [0.1, 0.15) is 5.41 Å². The van der Waals surface area contributed by atoms with Crippen LogP contribution in [0.1, 0.15) is 40.3 Å². The molecule has 1 rings (SSSR count). The maximum Gasteiger partial charge on any atom is 0.317 e. The molecule has 0 aromatic carbocycles. The minimum atomic E-state index is -0.707. The quantitative estimate of drug-likeness (QED) is 0.780. The van der Waals surface area contributed by atoms with E-state index < -0.39 is 5.41 Å². The van der Waals surface area contributed by atoms with Gasteiger partial charge >= 0.3 is 5.97 Å². The number of aromatic nitrogens is 1. The molecular formula is C14H24N2O2S2. The van der Waals surface area contributed by atoms with Crippen molar-refractivity contribution in [2.45, 2.75) is 44.8 Å². The summed E-state index contributed by atoms with van der Waals surface area (Å²) in [7, 11) is 0. The molecule has 0 saturated carbocycles. The number of hydrogen-bond acceptors (Lipinski definition) is 6. The molecule has 114 valence electrons. The fourth-order valence-corrected chi connectivity index (χ4v) is 2.51. The van der Waals surface area contributed by atoms with Crippen molar-refractivity contribution >= 4 is 34.2 Å². The van der Waals surface area contributed by atoms with Crippen molar-refractivity contribution in [2.75, 3.05) is 24.7 Å². The molecule has 0 fully saturated rings. The van der Waals surface area contributed by atoms with Gasteiger partial charge in [-0.2, -0.15) is 11.8 Å². The lowest BCUT2D eigenvalue weighted by Crippen LogP contribution is -2.31. The maximum atomic E-state index is 12.0. The zero-order valence-corrected chi connectivity index (χ0v) is 14.7. The van der Waals surface area contributed by atoms with Gasteiger partial charge in [0.2, 0.25) is 0 Å². The fraction of sp³-hybridized carbons (Fsp3) is 0.714. The highest BCUT2D eigenvalue weighted by atomic mass is 32.2. The Labute approximate surface area is 129 Å². The maximum absolute atomic E-state index is 12.0. The van der Waals surface area contributed by atoms with Gasteiger partial charge in [-0.3, -0.25) is 4.79 Å². The van der Waals surface area contributed by atoms with E-state index in [2.05, 4.69) is 30.4 Å². The van der Waals surface area contributed by atoms with Gasteiger partial charge in [-0.25, -0.2) is 4.98 Å². The van der Waals surface area contributed by atoms with Crippen molar-refractivity contribution in [1.29, 1.82) is 0 Å². The second-order valence-corrected chi connectivity index (χ2v) is 8.07. The minimum Gasteiger partial charge on any atom is -0.465 e. The number of thioether (sulfide) groups is 1. The van der Waals surface area contributed by atoms with E-state index in [0.29, 0.717) is 6.61 Å². The van der Waals surface area contributed by atoms with Gasteiger partial charge in [0.25, 0.3) is 0 Å². The zero-order chi connectivity index (χ0) is 15.4. The third-order valence-electron chi connectivity index (χ3n) is 3.15. The molecule has 0 bridgehead atoms. The number of nitrogens with zero attached hydrogens (tertiary/aromatic N) is 1. The standard InChI is InChI=1S/C14H24N2O2S2/c1-7-18-11(17)14(4,5)10-8-20-12(16-10)15-9-13(2,3)19-6/h8H,7,9H2,1-6H3,(H,15,16). The molecule has 1 heterocycles. The molecule has 1 aromatic heterocycles. The normalized spacial score (nSPS) is 12.3. The lowest BCUT2D eigenvalue weighted by Gasteiger charge is -2.22. The van der Waals surface area contributed by atoms with Gasteiger partial charge in [0.05, 0.1) is 12.3 Å². The topological polar surface area (TPSA) is 51.2 Å². The van der Waals surface area contributed by atoms with Gasteiger partial charge in [-0.15, -0.1) is 11.3 Å². The van der Waals surface area contributed by atoms with E-state index in [1.165, 1.54) is 11.3 Å². The van der Waals surface area contributed by atoms with Crippen molar-refractivity contribution < 1.29 is 9.53 Å². The number of nitrogens with one attached hydrogen (secondary N) is 1. The van der Waals surface area contributed by atoms with Gasteiger partial charge in [-0.1, -0.05) is 0 Å². The molecular weight excluding hydrogens is 292 g/mol. The molecule has 0 amide bonds. The van der Waals surface area contributed by atoms with Crippen LogP contribution < -0.4 is 5.32 Å². The van der Waals surface area contributed by atoms with Crippen molar-refractivity contribution in [3.05, 3.63) is 11.1 Å². The largest absolute Gasteiger partial charge is 0.465 e. The van der Waals surface area contributed by atoms with Crippen LogP contribution in [0.4, 0.5) is 5.13 Å². The average Bonchev–Trinajstić information content (AvgIpc) is 2.86. The number of thiazole rings is 1. The summed E-state index contributed by atoms with van der Waals surface area (Å²) in [5.74, 6) is -0.235. The highest BCUT2D eigenvalue weighted by Crippen LogP contribution is 2.29. The van der Waals surface area contributed by atoms with E-state index in [4.69, 9.17) is 4.74 Å². The monoisotopic (exact) mass is 316 g/mol. The highest BCUT2D eigenvalue weighted by molar-refractivity contribution is 7.99. The summed E-state index contributed by atoms with van der Waals surface area (Å²) in [6.45, 7) is 11.1. The molecule has 1 aromatic rings. The van der Waals surface area contributed by atoms with Gasteiger partial charge in [0.15, 0.2) is 5.13 Å². The van der Waals surface area contributed by atoms with Crippen LogP contribution >= 0.6 is 23.1 Å². The van der Waals surface area contributed by atoms with Crippen LogP contribution in [0, 0.1) is 0 Å². The zero-order valence-electron chi connectivity index (χ0n) is 13.1. The number of carbonyl (C=O) groups excluding carboxylic acids is 1. The molecule has 20 heavy (non-hydrogen) atoms. The minimum absolute atomic E-state index is 0.155. The molecule has 6 heteroatoms. The summed E-state index contributed by atoms with van der Waals surface area (Å²) in [6, 6.07) is 0. The first kappa shape index (κ1) is 17.3. The number of rotatable bonds is 7. The van der Waals surface area contributed by atoms with E-state index in [9.17, 15) is 4.79 Å². The first-order chi connectivity index (χ1) is 9.23. The molecule has 4 nitrogen and oxygen atoms in total. The summed E-state index contributed by atoms with van der Waals surface area (Å²) in [5, 5.41) is 6.10. The predicted molar refractivity (Wildman–Crippen MR) is 87.9 cm³/mol. The molecule has 0 unspecified atom stereocenters. The Hall–Kier alpha value is -0.750. The van der Waals surface area contributed by atoms with E-state index in [-0.39, 0.29) is 10.7 Å². The van der Waals surface area contributed by atoms with E-state index in [1.807, 2.05) is 37.9 Å². The first-order valence-electron chi connectivity index (χ1n) is 6.65. The Kier molecular flexibility index (Phi) is 5.89. The summed E-state index contributed by atoms with van der Waals surface area (Å²) in [6.07, 6.45) is 2.10. The molecule has 0 radical (unpaired) electrons. The van der Waals surface area contributed by atoms with Gasteiger partial charge < -0.3 is 10.1 Å². The van der Waals surface area contributed by atoms with E-state index >= 15 is 0 Å². The Morgan fingerprint density at radius 1 is 1.45 bits per heavy atom. The van der Waals surface area contributed by atoms with Crippen LogP contribution in [0.3, 0.4) is 0 Å². The first-order valence-corrected chi connectivity index (χ1v) is 8.75. The number of anilines is 1. The van der Waals surface area contributed by atoms with Crippen LogP contribution in [-0.4, -0.2) is 35.1 Å². The highest BCUT2D eigenvalue weighted by Gasteiger charge is 2.34.